The third-order valence-electron chi connectivity index (χ3n) is 5.30. The molecule has 0 N–H and O–H groups in total. The van der Waals surface area contributed by atoms with Crippen LogP contribution in [0, 0.1) is 0 Å². The summed E-state index contributed by atoms with van der Waals surface area (Å²) < 4.78 is 27.2. The Morgan fingerprint density at radius 3 is 2.67 bits per heavy atom. The van der Waals surface area contributed by atoms with Crippen molar-refractivity contribution in [1.29, 1.82) is 0 Å². The van der Waals surface area contributed by atoms with E-state index in [0.29, 0.717) is 31.0 Å². The summed E-state index contributed by atoms with van der Waals surface area (Å²) in [6.45, 7) is 1.32. The van der Waals surface area contributed by atoms with Gasteiger partial charge in [0.05, 0.1) is 29.7 Å². The van der Waals surface area contributed by atoms with Crippen LogP contribution in [0.4, 0.5) is 0 Å². The largest absolute Gasteiger partial charge is 0.273 e. The van der Waals surface area contributed by atoms with E-state index in [2.05, 4.69) is 4.98 Å². The summed E-state index contributed by atoms with van der Waals surface area (Å²) in [6.07, 6.45) is 3.89. The number of nitrogens with zero attached hydrogens (tertiary/aromatic N) is 4. The highest BCUT2D eigenvalue weighted by molar-refractivity contribution is 7.89. The highest BCUT2D eigenvalue weighted by Crippen LogP contribution is 2.40. The lowest BCUT2D eigenvalue weighted by Crippen LogP contribution is -2.33. The molecule has 2 saturated heterocycles. The maximum absolute atomic E-state index is 12.9. The quantitative estimate of drug-likeness (QED) is 0.790. The molecule has 0 saturated carbocycles. The number of pyridine rings is 1. The third-order valence-corrected chi connectivity index (χ3v) is 7.10. The van der Waals surface area contributed by atoms with Crippen molar-refractivity contribution in [1.82, 2.24) is 19.3 Å². The fraction of sp³-hybridized carbons (Fsp3) is 0.263. The van der Waals surface area contributed by atoms with Crippen molar-refractivity contribution in [3.8, 4) is 0 Å². The summed E-state index contributed by atoms with van der Waals surface area (Å²) >= 11 is 0. The number of rotatable bonds is 2. The van der Waals surface area contributed by atoms with Crippen molar-refractivity contribution in [2.45, 2.75) is 23.9 Å². The molecule has 0 bridgehead atoms. The van der Waals surface area contributed by atoms with Crippen LogP contribution in [0.1, 0.15) is 23.7 Å². The summed E-state index contributed by atoms with van der Waals surface area (Å²) in [5, 5.41) is 3.70. The number of hydrazine groups is 1. The lowest BCUT2D eigenvalue weighted by molar-refractivity contribution is -0.135. The molecule has 138 valence electrons. The fourth-order valence-corrected chi connectivity index (χ4v) is 5.61. The molecule has 5 rings (SSSR count). The number of benzene rings is 1. The lowest BCUT2D eigenvalue weighted by Gasteiger charge is -2.24. The summed E-state index contributed by atoms with van der Waals surface area (Å²) in [5.74, 6) is 0.0619. The van der Waals surface area contributed by atoms with Gasteiger partial charge in [-0.15, -0.1) is 0 Å². The SMILES string of the molecule is O=C1CCN2C(c3ccccn3)/C(=C/N3Cc4ccccc4S3(=O)=O)CN12. The highest BCUT2D eigenvalue weighted by atomic mass is 32.2. The van der Waals surface area contributed by atoms with Gasteiger partial charge in [0, 0.05) is 25.4 Å². The van der Waals surface area contributed by atoms with Crippen LogP contribution in [0.2, 0.25) is 0 Å². The van der Waals surface area contributed by atoms with Gasteiger partial charge in [-0.2, -0.15) is 0 Å². The maximum Gasteiger partial charge on any atom is 0.264 e. The molecule has 0 radical (unpaired) electrons. The molecule has 0 aliphatic carbocycles. The maximum atomic E-state index is 12.9. The fourth-order valence-electron chi connectivity index (χ4n) is 4.06. The lowest BCUT2D eigenvalue weighted by atomic mass is 10.0. The average molecular weight is 382 g/mol. The number of hydrogen-bond acceptors (Lipinski definition) is 5. The second-order valence-corrected chi connectivity index (χ2v) is 8.74. The molecule has 1 aromatic carbocycles. The Morgan fingerprint density at radius 1 is 1.07 bits per heavy atom. The van der Waals surface area contributed by atoms with Crippen LogP contribution in [0.5, 0.6) is 0 Å². The van der Waals surface area contributed by atoms with Crippen molar-refractivity contribution in [2.75, 3.05) is 13.1 Å². The van der Waals surface area contributed by atoms with Crippen molar-refractivity contribution in [3.05, 3.63) is 71.7 Å². The van der Waals surface area contributed by atoms with Gasteiger partial charge in [-0.05, 0) is 29.3 Å². The van der Waals surface area contributed by atoms with E-state index < -0.39 is 10.0 Å². The van der Waals surface area contributed by atoms with Gasteiger partial charge in [0.1, 0.15) is 0 Å². The van der Waals surface area contributed by atoms with E-state index in [9.17, 15) is 13.2 Å². The topological polar surface area (TPSA) is 73.8 Å². The van der Waals surface area contributed by atoms with Gasteiger partial charge in [0.25, 0.3) is 10.0 Å². The molecule has 7 nitrogen and oxygen atoms in total. The summed E-state index contributed by atoms with van der Waals surface area (Å²) in [5.41, 5.74) is 2.46. The van der Waals surface area contributed by atoms with E-state index in [1.54, 1.807) is 29.5 Å². The Morgan fingerprint density at radius 2 is 1.89 bits per heavy atom. The Hall–Kier alpha value is -2.71. The molecule has 3 aliphatic heterocycles. The summed E-state index contributed by atoms with van der Waals surface area (Å²) in [4.78, 5) is 17.0. The van der Waals surface area contributed by atoms with Crippen LogP contribution in [0.25, 0.3) is 0 Å². The molecule has 1 atom stereocenters. The molecule has 1 amide bonds. The number of carbonyl (C=O) groups excluding carboxylic acids is 1. The number of fused-ring (bicyclic) bond motifs is 2. The first-order valence-electron chi connectivity index (χ1n) is 8.84. The summed E-state index contributed by atoms with van der Waals surface area (Å²) in [7, 11) is -3.56. The average Bonchev–Trinajstić information content (AvgIpc) is 3.29. The van der Waals surface area contributed by atoms with Crippen LogP contribution in [-0.2, 0) is 21.4 Å². The Bertz CT molecular complexity index is 1050. The van der Waals surface area contributed by atoms with Gasteiger partial charge in [-0.1, -0.05) is 24.3 Å². The van der Waals surface area contributed by atoms with Crippen LogP contribution < -0.4 is 0 Å². The predicted molar refractivity (Wildman–Crippen MR) is 97.3 cm³/mol. The standard InChI is InChI=1S/C19H18N4O3S/c24-18-8-10-22-19(16-6-3-4-9-20-16)15(13-23(18)22)12-21-11-14-5-1-2-7-17(14)27(21,25)26/h1-7,9,12,19H,8,10-11,13H2/b15-12+. The van der Waals surface area contributed by atoms with E-state index in [1.165, 1.54) is 4.31 Å². The van der Waals surface area contributed by atoms with Crippen LogP contribution in [0.15, 0.2) is 65.3 Å². The van der Waals surface area contributed by atoms with Crippen LogP contribution in [-0.4, -0.2) is 46.7 Å². The summed E-state index contributed by atoms with van der Waals surface area (Å²) in [6, 6.07) is 12.5. The molecule has 2 aromatic rings. The van der Waals surface area contributed by atoms with Gasteiger partial charge in [-0.25, -0.2) is 13.4 Å². The van der Waals surface area contributed by atoms with Crippen LogP contribution >= 0.6 is 0 Å². The van der Waals surface area contributed by atoms with E-state index >= 15 is 0 Å². The van der Waals surface area contributed by atoms with E-state index in [4.69, 9.17) is 0 Å². The monoisotopic (exact) mass is 382 g/mol. The first kappa shape index (κ1) is 16.5. The normalized spacial score (nSPS) is 25.3. The second-order valence-electron chi connectivity index (χ2n) is 6.88. The molecular formula is C19H18N4O3S. The zero-order valence-corrected chi connectivity index (χ0v) is 15.3. The smallest absolute Gasteiger partial charge is 0.264 e. The minimum absolute atomic E-state index is 0.0619. The van der Waals surface area contributed by atoms with Gasteiger partial charge in [-0.3, -0.25) is 19.1 Å². The van der Waals surface area contributed by atoms with Crippen LogP contribution in [0.3, 0.4) is 0 Å². The molecule has 8 heteroatoms. The molecule has 2 fully saturated rings. The third kappa shape index (κ3) is 2.48. The van der Waals surface area contributed by atoms with E-state index in [0.717, 1.165) is 16.8 Å². The number of hydrogen-bond donors (Lipinski definition) is 0. The van der Waals surface area contributed by atoms with E-state index in [1.807, 2.05) is 35.3 Å². The molecule has 27 heavy (non-hydrogen) atoms. The minimum Gasteiger partial charge on any atom is -0.273 e. The zero-order chi connectivity index (χ0) is 18.6. The van der Waals surface area contributed by atoms with Crippen molar-refractivity contribution in [2.24, 2.45) is 0 Å². The van der Waals surface area contributed by atoms with Gasteiger partial charge < -0.3 is 0 Å². The highest BCUT2D eigenvalue weighted by Gasteiger charge is 2.45. The number of sulfonamides is 1. The molecule has 4 heterocycles. The number of aromatic nitrogens is 1. The zero-order valence-electron chi connectivity index (χ0n) is 14.5. The molecule has 1 aromatic heterocycles. The predicted octanol–water partition coefficient (Wildman–Crippen LogP) is 1.67. The van der Waals surface area contributed by atoms with Gasteiger partial charge >= 0.3 is 0 Å². The molecule has 3 aliphatic rings. The molecule has 0 spiro atoms. The Balaban J connectivity index is 1.57. The number of carbonyl (C=O) groups is 1. The van der Waals surface area contributed by atoms with Crippen molar-refractivity contribution >= 4 is 15.9 Å². The van der Waals surface area contributed by atoms with E-state index in [-0.39, 0.29) is 11.9 Å². The molecule has 1 unspecified atom stereocenters. The number of amides is 1. The Labute approximate surface area is 157 Å². The Kier molecular flexibility index (Phi) is 3.60. The van der Waals surface area contributed by atoms with Crippen molar-refractivity contribution < 1.29 is 13.2 Å². The second kappa shape index (κ2) is 5.90. The van der Waals surface area contributed by atoms with Gasteiger partial charge in [0.2, 0.25) is 5.91 Å². The molecular weight excluding hydrogens is 364 g/mol. The first-order chi connectivity index (χ1) is 13.1. The minimum atomic E-state index is -3.56. The van der Waals surface area contributed by atoms with Gasteiger partial charge in [0.15, 0.2) is 0 Å². The first-order valence-corrected chi connectivity index (χ1v) is 10.3. The van der Waals surface area contributed by atoms with Crippen molar-refractivity contribution in [3.63, 3.8) is 0 Å².